The molecule has 0 bridgehead atoms. The zero-order valence-electron chi connectivity index (χ0n) is 16.2. The van der Waals surface area contributed by atoms with E-state index in [9.17, 15) is 0 Å². The summed E-state index contributed by atoms with van der Waals surface area (Å²) in [4.78, 5) is 2.45. The second-order valence-electron chi connectivity index (χ2n) is 8.14. The van der Waals surface area contributed by atoms with Crippen LogP contribution in [0.3, 0.4) is 0 Å². The van der Waals surface area contributed by atoms with E-state index in [0.717, 1.165) is 37.4 Å². The van der Waals surface area contributed by atoms with E-state index in [4.69, 9.17) is 5.26 Å². The van der Waals surface area contributed by atoms with E-state index in [1.807, 2.05) is 12.1 Å². The predicted molar refractivity (Wildman–Crippen MR) is 112 cm³/mol. The second-order valence-corrected chi connectivity index (χ2v) is 8.14. The lowest BCUT2D eigenvalue weighted by Crippen LogP contribution is -2.31. The van der Waals surface area contributed by atoms with Gasteiger partial charge in [0.2, 0.25) is 0 Å². The number of nitrogens with zero attached hydrogens (tertiary/aromatic N) is 2. The van der Waals surface area contributed by atoms with Gasteiger partial charge in [0.1, 0.15) is 0 Å². The number of benzene rings is 2. The Bertz CT molecular complexity index is 860. The number of rotatable bonds is 4. The summed E-state index contributed by atoms with van der Waals surface area (Å²) in [6.45, 7) is 8.75. The Morgan fingerprint density at radius 3 is 2.15 bits per heavy atom. The van der Waals surface area contributed by atoms with Gasteiger partial charge in [-0.2, -0.15) is 5.26 Å². The van der Waals surface area contributed by atoms with Gasteiger partial charge in [-0.15, -0.1) is 0 Å². The first-order chi connectivity index (χ1) is 13.2. The monoisotopic (exact) mass is 356 g/mol. The SMILES string of the molecule is C=C(c1ccc(C2CCC2)cc1C)N1CCC(c2ccc(C#N)cc2)CC1. The summed E-state index contributed by atoms with van der Waals surface area (Å²) in [5, 5.41) is 8.96. The second kappa shape index (κ2) is 7.61. The van der Waals surface area contributed by atoms with Crippen LogP contribution in [0.5, 0.6) is 0 Å². The van der Waals surface area contributed by atoms with E-state index in [2.05, 4.69) is 54.8 Å². The molecule has 1 aliphatic carbocycles. The highest BCUT2D eigenvalue weighted by Crippen LogP contribution is 2.38. The van der Waals surface area contributed by atoms with Crippen LogP contribution < -0.4 is 0 Å². The van der Waals surface area contributed by atoms with Crippen LogP contribution in [-0.4, -0.2) is 18.0 Å². The molecule has 27 heavy (non-hydrogen) atoms. The highest BCUT2D eigenvalue weighted by atomic mass is 15.1. The Balaban J connectivity index is 1.40. The maximum absolute atomic E-state index is 8.96. The molecule has 1 saturated heterocycles. The molecule has 138 valence electrons. The molecular formula is C25H28N2. The number of hydrogen-bond acceptors (Lipinski definition) is 2. The summed E-state index contributed by atoms with van der Waals surface area (Å²) in [7, 11) is 0. The van der Waals surface area contributed by atoms with Gasteiger partial charge in [-0.1, -0.05) is 43.3 Å². The standard InChI is InChI=1S/C25H28N2/c1-18-16-24(21-4-3-5-21)10-11-25(18)19(2)27-14-12-23(13-15-27)22-8-6-20(17-26)7-9-22/h6-11,16,21,23H,2-5,12-15H2,1H3. The quantitative estimate of drug-likeness (QED) is 0.673. The number of nitriles is 1. The van der Waals surface area contributed by atoms with E-state index in [0.29, 0.717) is 5.92 Å². The van der Waals surface area contributed by atoms with Crippen molar-refractivity contribution in [3.05, 3.63) is 76.9 Å². The Morgan fingerprint density at radius 2 is 1.59 bits per heavy atom. The molecule has 2 nitrogen and oxygen atoms in total. The fourth-order valence-electron chi connectivity index (χ4n) is 4.49. The minimum atomic E-state index is 0.587. The summed E-state index contributed by atoms with van der Waals surface area (Å²) in [5.74, 6) is 1.37. The third kappa shape index (κ3) is 3.65. The molecule has 2 fully saturated rings. The van der Waals surface area contributed by atoms with Crippen molar-refractivity contribution in [3.63, 3.8) is 0 Å². The van der Waals surface area contributed by atoms with Gasteiger partial charge < -0.3 is 4.90 Å². The van der Waals surface area contributed by atoms with Crippen LogP contribution in [0.1, 0.15) is 71.8 Å². The normalized spacial score (nSPS) is 18.0. The van der Waals surface area contributed by atoms with Crippen molar-refractivity contribution in [1.29, 1.82) is 5.26 Å². The highest BCUT2D eigenvalue weighted by Gasteiger charge is 2.24. The lowest BCUT2D eigenvalue weighted by Gasteiger charge is -2.35. The van der Waals surface area contributed by atoms with E-state index in [1.165, 1.54) is 47.2 Å². The van der Waals surface area contributed by atoms with Crippen molar-refractivity contribution in [2.45, 2.75) is 50.9 Å². The van der Waals surface area contributed by atoms with Crippen molar-refractivity contribution >= 4 is 5.70 Å². The van der Waals surface area contributed by atoms with Crippen LogP contribution in [-0.2, 0) is 0 Å². The summed E-state index contributed by atoms with van der Waals surface area (Å²) in [6, 6.07) is 17.3. The van der Waals surface area contributed by atoms with Crippen LogP contribution in [0, 0.1) is 18.3 Å². The lowest BCUT2D eigenvalue weighted by molar-refractivity contribution is 0.299. The molecule has 0 aromatic heterocycles. The van der Waals surface area contributed by atoms with E-state index in [1.54, 1.807) is 0 Å². The number of likely N-dealkylation sites (tertiary alicyclic amines) is 1. The fourth-order valence-corrected chi connectivity index (χ4v) is 4.49. The Labute approximate surface area is 163 Å². The van der Waals surface area contributed by atoms with E-state index in [-0.39, 0.29) is 0 Å². The molecule has 0 spiro atoms. The zero-order chi connectivity index (χ0) is 18.8. The predicted octanol–water partition coefficient (Wildman–Crippen LogP) is 5.98. The van der Waals surface area contributed by atoms with E-state index < -0.39 is 0 Å². The molecule has 0 amide bonds. The number of hydrogen-bond donors (Lipinski definition) is 0. The van der Waals surface area contributed by atoms with Crippen LogP contribution in [0.2, 0.25) is 0 Å². The smallest absolute Gasteiger partial charge is 0.0991 e. The highest BCUT2D eigenvalue weighted by molar-refractivity contribution is 5.65. The van der Waals surface area contributed by atoms with Crippen LogP contribution in [0.15, 0.2) is 49.0 Å². The molecule has 1 saturated carbocycles. The van der Waals surface area contributed by atoms with Gasteiger partial charge in [-0.25, -0.2) is 0 Å². The third-order valence-electron chi connectivity index (χ3n) is 6.53. The molecule has 2 aromatic carbocycles. The van der Waals surface area contributed by atoms with Crippen molar-refractivity contribution in [2.75, 3.05) is 13.1 Å². The minimum absolute atomic E-state index is 0.587. The molecule has 0 N–H and O–H groups in total. The zero-order valence-corrected chi connectivity index (χ0v) is 16.2. The Hall–Kier alpha value is -2.53. The molecule has 2 heteroatoms. The molecule has 2 aliphatic rings. The summed E-state index contributed by atoms with van der Waals surface area (Å²) < 4.78 is 0. The number of aryl methyl sites for hydroxylation is 1. The maximum atomic E-state index is 8.96. The van der Waals surface area contributed by atoms with Crippen molar-refractivity contribution in [1.82, 2.24) is 4.90 Å². The molecular weight excluding hydrogens is 328 g/mol. The summed E-state index contributed by atoms with van der Waals surface area (Å²) in [6.07, 6.45) is 6.37. The molecule has 1 aliphatic heterocycles. The van der Waals surface area contributed by atoms with Gasteiger partial charge in [-0.3, -0.25) is 0 Å². The fraction of sp³-hybridized carbons (Fsp3) is 0.400. The molecule has 2 aromatic rings. The first-order valence-corrected chi connectivity index (χ1v) is 10.2. The van der Waals surface area contributed by atoms with Gasteiger partial charge >= 0.3 is 0 Å². The first kappa shape index (κ1) is 17.9. The van der Waals surface area contributed by atoms with Crippen LogP contribution in [0.25, 0.3) is 5.70 Å². The molecule has 0 atom stereocenters. The average Bonchev–Trinajstić information content (AvgIpc) is 2.66. The topological polar surface area (TPSA) is 27.0 Å². The molecule has 0 radical (unpaired) electrons. The third-order valence-corrected chi connectivity index (χ3v) is 6.53. The largest absolute Gasteiger partial charge is 0.371 e. The molecule has 0 unspecified atom stereocenters. The molecule has 1 heterocycles. The Morgan fingerprint density at radius 1 is 0.963 bits per heavy atom. The van der Waals surface area contributed by atoms with Crippen molar-refractivity contribution in [2.24, 2.45) is 0 Å². The summed E-state index contributed by atoms with van der Waals surface area (Å²) >= 11 is 0. The van der Waals surface area contributed by atoms with E-state index >= 15 is 0 Å². The number of piperidine rings is 1. The van der Waals surface area contributed by atoms with Gasteiger partial charge in [0, 0.05) is 24.4 Å². The maximum Gasteiger partial charge on any atom is 0.0991 e. The minimum Gasteiger partial charge on any atom is -0.371 e. The Kier molecular flexibility index (Phi) is 5.03. The van der Waals surface area contributed by atoms with Crippen molar-refractivity contribution in [3.8, 4) is 6.07 Å². The lowest BCUT2D eigenvalue weighted by atomic mass is 9.79. The van der Waals surface area contributed by atoms with Gasteiger partial charge in [0.25, 0.3) is 0 Å². The van der Waals surface area contributed by atoms with Crippen LogP contribution >= 0.6 is 0 Å². The first-order valence-electron chi connectivity index (χ1n) is 10.2. The van der Waals surface area contributed by atoms with Gasteiger partial charge in [0.05, 0.1) is 11.6 Å². The molecule has 4 rings (SSSR count). The van der Waals surface area contributed by atoms with Crippen LogP contribution in [0.4, 0.5) is 0 Å². The van der Waals surface area contributed by atoms with Gasteiger partial charge in [0.15, 0.2) is 0 Å². The van der Waals surface area contributed by atoms with Gasteiger partial charge in [-0.05, 0) is 73.3 Å². The summed E-state index contributed by atoms with van der Waals surface area (Å²) in [5.41, 5.74) is 7.44. The van der Waals surface area contributed by atoms with Crippen molar-refractivity contribution < 1.29 is 0 Å². The average molecular weight is 357 g/mol.